The molecule has 64 valence electrons. The van der Waals surface area contributed by atoms with Gasteiger partial charge in [0, 0.05) is 25.6 Å². The maximum atomic E-state index is 8.26. The van der Waals surface area contributed by atoms with Gasteiger partial charge in [0.2, 0.25) is 0 Å². The lowest BCUT2D eigenvalue weighted by atomic mass is 10.3. The molecule has 0 aromatic heterocycles. The first-order chi connectivity index (χ1) is 5.16. The van der Waals surface area contributed by atoms with Gasteiger partial charge in [-0.15, -0.1) is 0 Å². The van der Waals surface area contributed by atoms with Gasteiger partial charge < -0.3 is 10.2 Å². The molecule has 0 fully saturated rings. The van der Waals surface area contributed by atoms with Crippen molar-refractivity contribution in [3.63, 3.8) is 0 Å². The van der Waals surface area contributed by atoms with Gasteiger partial charge in [0.1, 0.15) is 0 Å². The van der Waals surface area contributed by atoms with Gasteiger partial charge in [-0.05, 0) is 21.0 Å². The van der Waals surface area contributed by atoms with Crippen LogP contribution in [0.4, 0.5) is 0 Å². The molecule has 0 saturated carbocycles. The van der Waals surface area contributed by atoms with Crippen molar-refractivity contribution in [1.29, 1.82) is 5.26 Å². The van der Waals surface area contributed by atoms with Crippen LogP contribution in [0.15, 0.2) is 0 Å². The number of hydrogen-bond donors (Lipinski definition) is 1. The minimum Gasteiger partial charge on any atom is -0.312 e. The van der Waals surface area contributed by atoms with E-state index in [1.807, 2.05) is 14.1 Å². The molecule has 0 bridgehead atoms. The quantitative estimate of drug-likeness (QED) is 0.585. The smallest absolute Gasteiger partial charge is 0.0635 e. The molecule has 0 rings (SSSR count). The Morgan fingerprint density at radius 3 is 2.64 bits per heavy atom. The second-order valence-corrected chi connectivity index (χ2v) is 3.03. The third-order valence-corrected chi connectivity index (χ3v) is 1.37. The van der Waals surface area contributed by atoms with Crippen LogP contribution >= 0.6 is 0 Å². The normalized spacial score (nSPS) is 13.0. The lowest BCUT2D eigenvalue weighted by Gasteiger charge is -2.17. The molecule has 0 aliphatic carbocycles. The van der Waals surface area contributed by atoms with Crippen LogP contribution in [-0.2, 0) is 0 Å². The van der Waals surface area contributed by atoms with Gasteiger partial charge in [-0.2, -0.15) is 5.26 Å². The van der Waals surface area contributed by atoms with Gasteiger partial charge in [-0.3, -0.25) is 0 Å². The van der Waals surface area contributed by atoms with Crippen LogP contribution in [0.1, 0.15) is 13.3 Å². The van der Waals surface area contributed by atoms with Crippen molar-refractivity contribution in [3.8, 4) is 6.07 Å². The standard InChI is InChI=1S/C8H17N3/c1-8(7-11(2)3)10-6-4-5-9/h8,10H,4,6-7H2,1-3H3. The summed E-state index contributed by atoms with van der Waals surface area (Å²) in [6, 6.07) is 2.57. The first kappa shape index (κ1) is 10.4. The zero-order chi connectivity index (χ0) is 8.69. The van der Waals surface area contributed by atoms with E-state index in [4.69, 9.17) is 5.26 Å². The number of likely N-dealkylation sites (N-methyl/N-ethyl adjacent to an activating group) is 1. The van der Waals surface area contributed by atoms with E-state index in [0.29, 0.717) is 12.5 Å². The zero-order valence-electron chi connectivity index (χ0n) is 7.59. The molecule has 0 spiro atoms. The highest BCUT2D eigenvalue weighted by Crippen LogP contribution is 1.84. The van der Waals surface area contributed by atoms with E-state index in [1.54, 1.807) is 0 Å². The molecule has 1 unspecified atom stereocenters. The lowest BCUT2D eigenvalue weighted by Crippen LogP contribution is -2.36. The molecule has 0 aromatic rings. The summed E-state index contributed by atoms with van der Waals surface area (Å²) >= 11 is 0. The summed E-state index contributed by atoms with van der Waals surface area (Å²) in [6.07, 6.45) is 0.595. The molecular weight excluding hydrogens is 138 g/mol. The molecule has 0 aromatic carbocycles. The van der Waals surface area contributed by atoms with Crippen molar-refractivity contribution in [2.45, 2.75) is 19.4 Å². The van der Waals surface area contributed by atoms with Gasteiger partial charge >= 0.3 is 0 Å². The monoisotopic (exact) mass is 155 g/mol. The average Bonchev–Trinajstić information content (AvgIpc) is 1.86. The summed E-state index contributed by atoms with van der Waals surface area (Å²) in [5.41, 5.74) is 0. The molecule has 0 saturated heterocycles. The lowest BCUT2D eigenvalue weighted by molar-refractivity contribution is 0.351. The van der Waals surface area contributed by atoms with Crippen LogP contribution in [0.5, 0.6) is 0 Å². The van der Waals surface area contributed by atoms with Crippen LogP contribution in [0.3, 0.4) is 0 Å². The van der Waals surface area contributed by atoms with Gasteiger partial charge in [-0.1, -0.05) is 0 Å². The van der Waals surface area contributed by atoms with Crippen molar-refractivity contribution >= 4 is 0 Å². The largest absolute Gasteiger partial charge is 0.312 e. The molecular formula is C8H17N3. The topological polar surface area (TPSA) is 39.1 Å². The number of hydrogen-bond acceptors (Lipinski definition) is 3. The Morgan fingerprint density at radius 2 is 2.18 bits per heavy atom. The number of nitrogens with one attached hydrogen (secondary N) is 1. The van der Waals surface area contributed by atoms with E-state index < -0.39 is 0 Å². The molecule has 1 atom stereocenters. The predicted octanol–water partition coefficient (Wildman–Crippen LogP) is 0.440. The molecule has 1 N–H and O–H groups in total. The second kappa shape index (κ2) is 6.14. The highest BCUT2D eigenvalue weighted by Gasteiger charge is 2.00. The highest BCUT2D eigenvalue weighted by molar-refractivity contribution is 4.72. The fourth-order valence-corrected chi connectivity index (χ4v) is 0.987. The van der Waals surface area contributed by atoms with Crippen molar-refractivity contribution < 1.29 is 0 Å². The Morgan fingerprint density at radius 1 is 1.55 bits per heavy atom. The van der Waals surface area contributed by atoms with Gasteiger partial charge in [-0.25, -0.2) is 0 Å². The Kier molecular flexibility index (Phi) is 5.81. The van der Waals surface area contributed by atoms with Crippen molar-refractivity contribution in [2.75, 3.05) is 27.2 Å². The van der Waals surface area contributed by atoms with Crippen molar-refractivity contribution in [2.24, 2.45) is 0 Å². The summed E-state index contributed by atoms with van der Waals surface area (Å²) < 4.78 is 0. The van der Waals surface area contributed by atoms with E-state index in [-0.39, 0.29) is 0 Å². The maximum Gasteiger partial charge on any atom is 0.0635 e. The molecule has 0 aliphatic heterocycles. The van der Waals surface area contributed by atoms with E-state index >= 15 is 0 Å². The number of nitriles is 1. The molecule has 11 heavy (non-hydrogen) atoms. The van der Waals surface area contributed by atoms with Crippen LogP contribution in [0, 0.1) is 11.3 Å². The fourth-order valence-electron chi connectivity index (χ4n) is 0.987. The highest BCUT2D eigenvalue weighted by atomic mass is 15.1. The first-order valence-electron chi connectivity index (χ1n) is 3.92. The molecule has 3 heteroatoms. The predicted molar refractivity (Wildman–Crippen MR) is 46.2 cm³/mol. The van der Waals surface area contributed by atoms with E-state index in [2.05, 4.69) is 23.2 Å². The Labute approximate surface area is 69.0 Å². The van der Waals surface area contributed by atoms with Crippen molar-refractivity contribution in [3.05, 3.63) is 0 Å². The average molecular weight is 155 g/mol. The minimum atomic E-state index is 0.471. The van der Waals surface area contributed by atoms with Crippen LogP contribution in [-0.4, -0.2) is 38.1 Å². The number of rotatable bonds is 5. The Bertz CT molecular complexity index is 126. The summed E-state index contributed by atoms with van der Waals surface area (Å²) in [6.45, 7) is 3.94. The molecule has 3 nitrogen and oxygen atoms in total. The molecule has 0 amide bonds. The fraction of sp³-hybridized carbons (Fsp3) is 0.875. The summed E-state index contributed by atoms with van der Waals surface area (Å²) in [7, 11) is 4.09. The summed E-state index contributed by atoms with van der Waals surface area (Å²) in [4.78, 5) is 2.13. The van der Waals surface area contributed by atoms with Crippen LogP contribution in [0.25, 0.3) is 0 Å². The first-order valence-corrected chi connectivity index (χ1v) is 3.92. The van der Waals surface area contributed by atoms with E-state index in [1.165, 1.54) is 0 Å². The molecule has 0 heterocycles. The minimum absolute atomic E-state index is 0.471. The van der Waals surface area contributed by atoms with Crippen LogP contribution in [0.2, 0.25) is 0 Å². The summed E-state index contributed by atoms with van der Waals surface area (Å²) in [5.74, 6) is 0. The summed E-state index contributed by atoms with van der Waals surface area (Å²) in [5, 5.41) is 11.5. The van der Waals surface area contributed by atoms with Gasteiger partial charge in [0.25, 0.3) is 0 Å². The SMILES string of the molecule is CC(CN(C)C)NCCC#N. The third-order valence-electron chi connectivity index (χ3n) is 1.37. The van der Waals surface area contributed by atoms with Crippen LogP contribution < -0.4 is 5.32 Å². The Balaban J connectivity index is 3.24. The third kappa shape index (κ3) is 7.31. The zero-order valence-corrected chi connectivity index (χ0v) is 7.59. The van der Waals surface area contributed by atoms with Gasteiger partial charge in [0.15, 0.2) is 0 Å². The molecule has 0 radical (unpaired) electrons. The second-order valence-electron chi connectivity index (χ2n) is 3.03. The number of nitrogens with zero attached hydrogens (tertiary/aromatic N) is 2. The van der Waals surface area contributed by atoms with Gasteiger partial charge in [0.05, 0.1) is 6.07 Å². The maximum absolute atomic E-state index is 8.26. The molecule has 0 aliphatic rings. The van der Waals surface area contributed by atoms with E-state index in [9.17, 15) is 0 Å². The van der Waals surface area contributed by atoms with E-state index in [0.717, 1.165) is 13.1 Å². The Hall–Kier alpha value is -0.590. The van der Waals surface area contributed by atoms with Crippen molar-refractivity contribution in [1.82, 2.24) is 10.2 Å².